The van der Waals surface area contributed by atoms with Gasteiger partial charge in [-0.25, -0.2) is 0 Å². The molecule has 1 unspecified atom stereocenters. The quantitative estimate of drug-likeness (QED) is 0.453. The van der Waals surface area contributed by atoms with E-state index in [0.29, 0.717) is 0 Å². The molecule has 0 aliphatic rings. The number of hydrogen-bond acceptors (Lipinski definition) is 4. The van der Waals surface area contributed by atoms with Gasteiger partial charge in [-0.15, -0.1) is 0 Å². The van der Waals surface area contributed by atoms with Gasteiger partial charge < -0.3 is 14.8 Å². The van der Waals surface area contributed by atoms with E-state index in [-0.39, 0.29) is 0 Å². The Morgan fingerprint density at radius 2 is 2.25 bits per heavy atom. The van der Waals surface area contributed by atoms with Crippen LogP contribution in [-0.4, -0.2) is 37.4 Å². The molecule has 0 amide bonds. The molecule has 50 valence electrons. The van der Waals surface area contributed by atoms with Crippen molar-refractivity contribution in [2.45, 2.75) is 6.10 Å². The second-order valence-electron chi connectivity index (χ2n) is 1.31. The minimum atomic E-state index is -2.26. The molecule has 2 N–H and O–H groups in total. The first-order valence-electron chi connectivity index (χ1n) is 2.01. The molecule has 0 saturated carbocycles. The van der Waals surface area contributed by atoms with Gasteiger partial charge in [-0.05, 0) is 0 Å². The lowest BCUT2D eigenvalue weighted by atomic mass is 10.4. The van der Waals surface area contributed by atoms with Crippen molar-refractivity contribution in [3.8, 4) is 0 Å². The van der Waals surface area contributed by atoms with E-state index in [4.69, 9.17) is 10.2 Å². The summed E-state index contributed by atoms with van der Waals surface area (Å²) in [5, 5.41) is 16.4. The molecule has 0 aromatic rings. The van der Waals surface area contributed by atoms with E-state index in [1.54, 1.807) is 0 Å². The van der Waals surface area contributed by atoms with Gasteiger partial charge >= 0.3 is 0 Å². The lowest BCUT2D eigenvalue weighted by molar-refractivity contribution is 0.112. The highest BCUT2D eigenvalue weighted by Crippen LogP contribution is 1.82. The SMILES string of the molecule is O=S([O-])C[C@H](O)CO. The van der Waals surface area contributed by atoms with Gasteiger partial charge in [-0.3, -0.25) is 4.21 Å². The summed E-state index contributed by atoms with van der Waals surface area (Å²) in [6, 6.07) is 0. The summed E-state index contributed by atoms with van der Waals surface area (Å²) in [4.78, 5) is 0. The largest absolute Gasteiger partial charge is 0.772 e. The molecule has 2 atom stereocenters. The fraction of sp³-hybridized carbons (Fsp3) is 1.00. The van der Waals surface area contributed by atoms with Crippen LogP contribution in [0.25, 0.3) is 0 Å². The summed E-state index contributed by atoms with van der Waals surface area (Å²) >= 11 is -2.26. The van der Waals surface area contributed by atoms with Crippen LogP contribution in [0.5, 0.6) is 0 Å². The van der Waals surface area contributed by atoms with Crippen molar-refractivity contribution in [1.82, 2.24) is 0 Å². The Balaban J connectivity index is 3.24. The molecule has 0 radical (unpaired) electrons. The van der Waals surface area contributed by atoms with E-state index in [1.165, 1.54) is 0 Å². The second-order valence-corrected chi connectivity index (χ2v) is 2.25. The Bertz CT molecular complexity index is 83.4. The van der Waals surface area contributed by atoms with Gasteiger partial charge in [0.25, 0.3) is 0 Å². The zero-order valence-electron chi connectivity index (χ0n) is 4.11. The van der Waals surface area contributed by atoms with Crippen molar-refractivity contribution in [2.75, 3.05) is 12.4 Å². The van der Waals surface area contributed by atoms with Crippen molar-refractivity contribution in [3.63, 3.8) is 0 Å². The summed E-state index contributed by atoms with van der Waals surface area (Å²) in [5.74, 6) is -0.392. The molecule has 0 aromatic carbocycles. The first-order chi connectivity index (χ1) is 3.66. The zero-order valence-corrected chi connectivity index (χ0v) is 4.93. The highest BCUT2D eigenvalue weighted by molar-refractivity contribution is 7.79. The van der Waals surface area contributed by atoms with Crippen molar-refractivity contribution >= 4 is 11.1 Å². The molecule has 0 bridgehead atoms. The van der Waals surface area contributed by atoms with Crippen LogP contribution in [0.15, 0.2) is 0 Å². The third kappa shape index (κ3) is 4.20. The highest BCUT2D eigenvalue weighted by atomic mass is 32.2. The Morgan fingerprint density at radius 3 is 2.38 bits per heavy atom. The predicted octanol–water partition coefficient (Wildman–Crippen LogP) is -1.78. The zero-order chi connectivity index (χ0) is 6.57. The summed E-state index contributed by atoms with van der Waals surface area (Å²) < 4.78 is 19.4. The second kappa shape index (κ2) is 3.96. The third-order valence-electron chi connectivity index (χ3n) is 0.539. The van der Waals surface area contributed by atoms with Crippen molar-refractivity contribution in [3.05, 3.63) is 0 Å². The maximum Gasteiger partial charge on any atom is 0.0874 e. The molecule has 0 fully saturated rings. The average Bonchev–Trinajstić information content (AvgIpc) is 1.65. The summed E-state index contributed by atoms with van der Waals surface area (Å²) in [5.41, 5.74) is 0. The predicted molar refractivity (Wildman–Crippen MR) is 26.9 cm³/mol. The summed E-state index contributed by atoms with van der Waals surface area (Å²) in [7, 11) is 0. The fourth-order valence-electron chi connectivity index (χ4n) is 0.210. The first kappa shape index (κ1) is 8.03. The normalized spacial score (nSPS) is 17.9. The molecular weight excluding hydrogens is 132 g/mol. The van der Waals surface area contributed by atoms with E-state index in [1.807, 2.05) is 0 Å². The Labute approximate surface area is 49.4 Å². The number of rotatable bonds is 3. The first-order valence-corrected chi connectivity index (χ1v) is 3.26. The van der Waals surface area contributed by atoms with Crippen LogP contribution in [0.3, 0.4) is 0 Å². The maximum atomic E-state index is 9.70. The van der Waals surface area contributed by atoms with E-state index in [2.05, 4.69) is 0 Å². The fourth-order valence-corrected chi connectivity index (χ4v) is 0.629. The molecule has 0 aliphatic carbocycles. The van der Waals surface area contributed by atoms with E-state index < -0.39 is 29.5 Å². The lowest BCUT2D eigenvalue weighted by Gasteiger charge is -2.07. The van der Waals surface area contributed by atoms with Gasteiger partial charge in [0.15, 0.2) is 0 Å². The summed E-state index contributed by atoms with van der Waals surface area (Å²) in [6.07, 6.45) is -1.13. The smallest absolute Gasteiger partial charge is 0.0874 e. The molecule has 4 nitrogen and oxygen atoms in total. The molecule has 0 aromatic heterocycles. The standard InChI is InChI=1S/C3H8O4S/c4-1-3(5)2-8(6)7/h3-5H,1-2H2,(H,6,7)/p-1/t3-/m1/s1. The van der Waals surface area contributed by atoms with E-state index in [0.717, 1.165) is 0 Å². The topological polar surface area (TPSA) is 80.6 Å². The van der Waals surface area contributed by atoms with Gasteiger partial charge in [-0.1, -0.05) is 11.1 Å². The van der Waals surface area contributed by atoms with E-state index >= 15 is 0 Å². The van der Waals surface area contributed by atoms with Crippen LogP contribution in [0.2, 0.25) is 0 Å². The van der Waals surface area contributed by atoms with Gasteiger partial charge in [-0.2, -0.15) is 0 Å². The van der Waals surface area contributed by atoms with Crippen LogP contribution in [0.1, 0.15) is 0 Å². The summed E-state index contributed by atoms with van der Waals surface area (Å²) in [6.45, 7) is -0.506. The van der Waals surface area contributed by atoms with Crippen LogP contribution >= 0.6 is 0 Å². The molecule has 0 rings (SSSR count). The molecule has 0 aliphatic heterocycles. The molecule has 8 heavy (non-hydrogen) atoms. The minimum Gasteiger partial charge on any atom is -0.772 e. The number of aliphatic hydroxyl groups is 2. The van der Waals surface area contributed by atoms with Crippen molar-refractivity contribution < 1.29 is 19.0 Å². The highest BCUT2D eigenvalue weighted by Gasteiger charge is 1.98. The molecule has 0 heterocycles. The van der Waals surface area contributed by atoms with Gasteiger partial charge in [0.1, 0.15) is 0 Å². The van der Waals surface area contributed by atoms with Crippen molar-refractivity contribution in [1.29, 1.82) is 0 Å². The Hall–Kier alpha value is 0.0300. The Morgan fingerprint density at radius 1 is 1.75 bits per heavy atom. The monoisotopic (exact) mass is 139 g/mol. The van der Waals surface area contributed by atoms with Gasteiger partial charge in [0.2, 0.25) is 0 Å². The van der Waals surface area contributed by atoms with E-state index in [9.17, 15) is 8.76 Å². The number of aliphatic hydroxyl groups excluding tert-OH is 2. The molecule has 0 spiro atoms. The van der Waals surface area contributed by atoms with Gasteiger partial charge in [0.05, 0.1) is 12.7 Å². The Kier molecular flexibility index (Phi) is 3.98. The van der Waals surface area contributed by atoms with Crippen molar-refractivity contribution in [2.24, 2.45) is 0 Å². The van der Waals surface area contributed by atoms with Gasteiger partial charge in [0, 0.05) is 5.75 Å². The molecular formula is C3H7O4S-. The molecule has 5 heteroatoms. The lowest BCUT2D eigenvalue weighted by Crippen LogP contribution is -2.20. The third-order valence-corrected chi connectivity index (χ3v) is 1.20. The van der Waals surface area contributed by atoms with Crippen LogP contribution in [0, 0.1) is 0 Å². The van der Waals surface area contributed by atoms with Crippen LogP contribution in [0.4, 0.5) is 0 Å². The maximum absolute atomic E-state index is 9.70. The van der Waals surface area contributed by atoms with Crippen LogP contribution in [-0.2, 0) is 11.1 Å². The minimum absolute atomic E-state index is 0.392. The number of hydrogen-bond donors (Lipinski definition) is 2. The average molecular weight is 139 g/mol. The molecule has 0 saturated heterocycles. The van der Waals surface area contributed by atoms with Crippen LogP contribution < -0.4 is 0 Å².